The Balaban J connectivity index is 2.12. The summed E-state index contributed by atoms with van der Waals surface area (Å²) < 4.78 is 10.9. The highest BCUT2D eigenvalue weighted by Crippen LogP contribution is 2.28. The fourth-order valence-corrected chi connectivity index (χ4v) is 2.21. The van der Waals surface area contributed by atoms with E-state index in [1.54, 1.807) is 49.4 Å². The highest BCUT2D eigenvalue weighted by Gasteiger charge is 2.12. The van der Waals surface area contributed by atoms with Crippen LogP contribution < -0.4 is 14.9 Å². The van der Waals surface area contributed by atoms with Gasteiger partial charge in [-0.3, -0.25) is 4.79 Å². The van der Waals surface area contributed by atoms with Gasteiger partial charge in [-0.25, -0.2) is 5.43 Å². The number of amides is 1. The summed E-state index contributed by atoms with van der Waals surface area (Å²) in [4.78, 5) is 12.3. The van der Waals surface area contributed by atoms with Crippen LogP contribution in [0.2, 0.25) is 0 Å². The number of hydrazone groups is 1. The molecule has 0 atom stereocenters. The van der Waals surface area contributed by atoms with Crippen molar-refractivity contribution < 1.29 is 14.3 Å². The number of nitrogens with zero attached hydrogens (tertiary/aromatic N) is 2. The van der Waals surface area contributed by atoms with Gasteiger partial charge in [-0.1, -0.05) is 12.1 Å². The second-order valence-electron chi connectivity index (χ2n) is 5.86. The van der Waals surface area contributed by atoms with Crippen molar-refractivity contribution in [1.82, 2.24) is 5.43 Å². The largest absolute Gasteiger partial charge is 0.493 e. The van der Waals surface area contributed by atoms with Crippen molar-refractivity contribution in [3.8, 4) is 17.6 Å². The van der Waals surface area contributed by atoms with Crippen LogP contribution in [0.25, 0.3) is 0 Å². The van der Waals surface area contributed by atoms with E-state index >= 15 is 0 Å². The Hall–Kier alpha value is -3.33. The molecule has 134 valence electrons. The maximum atomic E-state index is 12.3. The van der Waals surface area contributed by atoms with E-state index in [9.17, 15) is 4.79 Å². The van der Waals surface area contributed by atoms with Crippen LogP contribution in [0.15, 0.2) is 47.6 Å². The average Bonchev–Trinajstić information content (AvgIpc) is 2.65. The SMILES string of the molecule is COc1cc(C(=O)N/N=C(\C)c2ccc(C#N)cc2)ccc1OC(C)C. The monoisotopic (exact) mass is 351 g/mol. The molecule has 6 nitrogen and oxygen atoms in total. The number of nitrogens with one attached hydrogen (secondary N) is 1. The van der Waals surface area contributed by atoms with Crippen molar-refractivity contribution >= 4 is 11.6 Å². The Morgan fingerprint density at radius 2 is 1.77 bits per heavy atom. The summed E-state index contributed by atoms with van der Waals surface area (Å²) in [6.07, 6.45) is 0.00301. The fraction of sp³-hybridized carbons (Fsp3) is 0.250. The Bertz CT molecular complexity index is 850. The van der Waals surface area contributed by atoms with Crippen molar-refractivity contribution in [1.29, 1.82) is 5.26 Å². The predicted octanol–water partition coefficient (Wildman–Crippen LogP) is 3.51. The number of hydrogen-bond donors (Lipinski definition) is 1. The third-order valence-electron chi connectivity index (χ3n) is 3.55. The second-order valence-corrected chi connectivity index (χ2v) is 5.86. The van der Waals surface area contributed by atoms with E-state index < -0.39 is 0 Å². The molecule has 0 fully saturated rings. The number of hydrogen-bond acceptors (Lipinski definition) is 5. The lowest BCUT2D eigenvalue weighted by Gasteiger charge is -2.14. The van der Waals surface area contributed by atoms with Gasteiger partial charge in [0.25, 0.3) is 5.91 Å². The van der Waals surface area contributed by atoms with E-state index in [2.05, 4.69) is 16.6 Å². The third kappa shape index (κ3) is 4.84. The number of carbonyl (C=O) groups excluding carboxylic acids is 1. The Morgan fingerprint density at radius 1 is 1.12 bits per heavy atom. The first-order valence-electron chi connectivity index (χ1n) is 8.14. The third-order valence-corrected chi connectivity index (χ3v) is 3.55. The Kier molecular flexibility index (Phi) is 6.34. The average molecular weight is 351 g/mol. The van der Waals surface area contributed by atoms with E-state index in [1.165, 1.54) is 7.11 Å². The lowest BCUT2D eigenvalue weighted by Crippen LogP contribution is -2.19. The molecule has 2 rings (SSSR count). The first-order chi connectivity index (χ1) is 12.4. The Morgan fingerprint density at radius 3 is 2.35 bits per heavy atom. The molecule has 0 radical (unpaired) electrons. The minimum atomic E-state index is -0.354. The molecule has 0 aromatic heterocycles. The number of benzene rings is 2. The predicted molar refractivity (Wildman–Crippen MR) is 99.6 cm³/mol. The molecule has 0 aliphatic carbocycles. The molecule has 26 heavy (non-hydrogen) atoms. The van der Waals surface area contributed by atoms with Gasteiger partial charge in [0.1, 0.15) is 0 Å². The van der Waals surface area contributed by atoms with Gasteiger partial charge in [0.05, 0.1) is 30.6 Å². The highest BCUT2D eigenvalue weighted by atomic mass is 16.5. The van der Waals surface area contributed by atoms with Crippen LogP contribution in [-0.4, -0.2) is 24.8 Å². The van der Waals surface area contributed by atoms with Gasteiger partial charge in [-0.15, -0.1) is 0 Å². The highest BCUT2D eigenvalue weighted by molar-refractivity contribution is 6.01. The summed E-state index contributed by atoms with van der Waals surface area (Å²) in [5.41, 5.74) is 4.96. The molecule has 0 aliphatic heterocycles. The van der Waals surface area contributed by atoms with Gasteiger partial charge >= 0.3 is 0 Å². The summed E-state index contributed by atoms with van der Waals surface area (Å²) >= 11 is 0. The molecule has 0 saturated heterocycles. The summed E-state index contributed by atoms with van der Waals surface area (Å²) in [7, 11) is 1.53. The van der Waals surface area contributed by atoms with Crippen LogP contribution in [-0.2, 0) is 0 Å². The number of methoxy groups -OCH3 is 1. The normalized spacial score (nSPS) is 11.0. The second kappa shape index (κ2) is 8.67. The fourth-order valence-electron chi connectivity index (χ4n) is 2.21. The summed E-state index contributed by atoms with van der Waals surface area (Å²) in [6, 6.07) is 14.0. The van der Waals surface area contributed by atoms with Crippen molar-refractivity contribution in [2.75, 3.05) is 7.11 Å². The number of ether oxygens (including phenoxy) is 2. The minimum Gasteiger partial charge on any atom is -0.493 e. The van der Waals surface area contributed by atoms with E-state index in [1.807, 2.05) is 13.8 Å². The van der Waals surface area contributed by atoms with Crippen molar-refractivity contribution in [2.24, 2.45) is 5.10 Å². The zero-order chi connectivity index (χ0) is 19.1. The zero-order valence-corrected chi connectivity index (χ0v) is 15.2. The van der Waals surface area contributed by atoms with Crippen LogP contribution in [0.4, 0.5) is 0 Å². The van der Waals surface area contributed by atoms with E-state index in [0.29, 0.717) is 28.3 Å². The number of carbonyl (C=O) groups is 1. The van der Waals surface area contributed by atoms with Crippen LogP contribution in [0.3, 0.4) is 0 Å². The van der Waals surface area contributed by atoms with Crippen molar-refractivity contribution in [2.45, 2.75) is 26.9 Å². The smallest absolute Gasteiger partial charge is 0.271 e. The zero-order valence-electron chi connectivity index (χ0n) is 15.2. The maximum absolute atomic E-state index is 12.3. The van der Waals surface area contributed by atoms with Gasteiger partial charge in [0.2, 0.25) is 0 Å². The van der Waals surface area contributed by atoms with Crippen LogP contribution in [0.1, 0.15) is 42.3 Å². The van der Waals surface area contributed by atoms with Gasteiger partial charge in [0.15, 0.2) is 11.5 Å². The van der Waals surface area contributed by atoms with Gasteiger partial charge in [0, 0.05) is 5.56 Å². The van der Waals surface area contributed by atoms with Crippen LogP contribution in [0.5, 0.6) is 11.5 Å². The molecule has 0 spiro atoms. The quantitative estimate of drug-likeness (QED) is 0.638. The molecule has 2 aromatic rings. The van der Waals surface area contributed by atoms with Crippen LogP contribution >= 0.6 is 0 Å². The lowest BCUT2D eigenvalue weighted by atomic mass is 10.1. The molecule has 6 heteroatoms. The van der Waals surface area contributed by atoms with Gasteiger partial charge < -0.3 is 9.47 Å². The van der Waals surface area contributed by atoms with E-state index in [0.717, 1.165) is 5.56 Å². The number of rotatable bonds is 6. The minimum absolute atomic E-state index is 0.00301. The standard InChI is InChI=1S/C20H21N3O3/c1-13(2)26-18-10-9-17(11-19(18)25-4)20(24)23-22-14(3)16-7-5-15(12-21)6-8-16/h5-11,13H,1-4H3,(H,23,24)/b22-14+. The lowest BCUT2D eigenvalue weighted by molar-refractivity contribution is 0.0954. The molecule has 0 bridgehead atoms. The molecular weight excluding hydrogens is 330 g/mol. The summed E-state index contributed by atoms with van der Waals surface area (Å²) in [6.45, 7) is 5.61. The molecule has 0 aliphatic rings. The first kappa shape index (κ1) is 19.0. The number of nitriles is 1. The topological polar surface area (TPSA) is 83.7 Å². The van der Waals surface area contributed by atoms with Gasteiger partial charge in [-0.2, -0.15) is 10.4 Å². The molecule has 0 saturated carbocycles. The van der Waals surface area contributed by atoms with E-state index in [-0.39, 0.29) is 12.0 Å². The van der Waals surface area contributed by atoms with Crippen molar-refractivity contribution in [3.63, 3.8) is 0 Å². The summed E-state index contributed by atoms with van der Waals surface area (Å²) in [5.74, 6) is 0.711. The van der Waals surface area contributed by atoms with Crippen LogP contribution in [0, 0.1) is 11.3 Å². The molecule has 2 aromatic carbocycles. The molecular formula is C20H21N3O3. The molecule has 1 N–H and O–H groups in total. The Labute approximate surface area is 153 Å². The summed E-state index contributed by atoms with van der Waals surface area (Å²) in [5, 5.41) is 12.9. The van der Waals surface area contributed by atoms with E-state index in [4.69, 9.17) is 14.7 Å². The van der Waals surface area contributed by atoms with Gasteiger partial charge in [-0.05, 0) is 56.7 Å². The molecule has 0 heterocycles. The molecule has 0 unspecified atom stereocenters. The molecule has 1 amide bonds. The first-order valence-corrected chi connectivity index (χ1v) is 8.14. The maximum Gasteiger partial charge on any atom is 0.271 e. The van der Waals surface area contributed by atoms with Crippen molar-refractivity contribution in [3.05, 3.63) is 59.2 Å².